The first-order valence-electron chi connectivity index (χ1n) is 11.3. The van der Waals surface area contributed by atoms with E-state index in [0.717, 1.165) is 4.90 Å². The topological polar surface area (TPSA) is 132 Å². The lowest BCUT2D eigenvalue weighted by atomic mass is 10.1. The highest BCUT2D eigenvalue weighted by molar-refractivity contribution is 14.1. The van der Waals surface area contributed by atoms with E-state index in [-0.39, 0.29) is 18.9 Å². The highest BCUT2D eigenvalue weighted by Gasteiger charge is 2.35. The number of anilines is 1. The number of imide groups is 1. The number of benzene rings is 2. The van der Waals surface area contributed by atoms with Crippen LogP contribution in [-0.4, -0.2) is 62.2 Å². The van der Waals surface area contributed by atoms with Crippen LogP contribution >= 0.6 is 22.6 Å². The number of ether oxygens (including phenoxy) is 4. The summed E-state index contributed by atoms with van der Waals surface area (Å²) in [7, 11) is 1.47. The molecule has 0 radical (unpaired) electrons. The molecule has 1 saturated heterocycles. The minimum atomic E-state index is -0.722. The Kier molecular flexibility index (Phi) is 9.71. The van der Waals surface area contributed by atoms with E-state index in [0.29, 0.717) is 38.7 Å². The molecular formula is C25H26IN3O8. The molecule has 0 atom stereocenters. The van der Waals surface area contributed by atoms with E-state index in [1.54, 1.807) is 50.2 Å². The van der Waals surface area contributed by atoms with Crippen molar-refractivity contribution >= 4 is 58.2 Å². The summed E-state index contributed by atoms with van der Waals surface area (Å²) < 4.78 is 22.0. The standard InChI is InChI=1S/C25H26IN3O8/c1-4-35-20-12-15(10-16(26)23(20)37-14-22(31)36-5-2)11-18-24(32)29(25(33)28-18)13-21(30)27-17-8-6-7-9-19(17)34-3/h6-12H,4-5,13-14H2,1-3H3,(H,27,30)(H,28,33)/b18-11+. The van der Waals surface area contributed by atoms with Crippen molar-refractivity contribution in [3.05, 3.63) is 51.2 Å². The first-order valence-corrected chi connectivity index (χ1v) is 12.4. The van der Waals surface area contributed by atoms with Crippen molar-refractivity contribution in [1.29, 1.82) is 0 Å². The molecule has 4 amide bonds. The predicted octanol–water partition coefficient (Wildman–Crippen LogP) is 3.17. The van der Waals surface area contributed by atoms with Crippen LogP contribution in [-0.2, 0) is 19.1 Å². The van der Waals surface area contributed by atoms with Gasteiger partial charge in [0.05, 0.1) is 29.6 Å². The number of urea groups is 1. The quantitative estimate of drug-likeness (QED) is 0.169. The number of hydrogen-bond acceptors (Lipinski definition) is 8. The van der Waals surface area contributed by atoms with Crippen LogP contribution in [0.3, 0.4) is 0 Å². The maximum Gasteiger partial charge on any atom is 0.344 e. The fraction of sp³-hybridized carbons (Fsp3) is 0.280. The van der Waals surface area contributed by atoms with Crippen molar-refractivity contribution < 1.29 is 38.1 Å². The number of esters is 1. The summed E-state index contributed by atoms with van der Waals surface area (Å²) in [6.07, 6.45) is 1.47. The van der Waals surface area contributed by atoms with Gasteiger partial charge < -0.3 is 29.6 Å². The number of nitrogens with zero attached hydrogens (tertiary/aromatic N) is 1. The van der Waals surface area contributed by atoms with Gasteiger partial charge in [0.1, 0.15) is 18.0 Å². The number of nitrogens with one attached hydrogen (secondary N) is 2. The minimum absolute atomic E-state index is 0.00599. The van der Waals surface area contributed by atoms with Crippen molar-refractivity contribution in [2.75, 3.05) is 38.8 Å². The van der Waals surface area contributed by atoms with Crippen molar-refractivity contribution in [2.45, 2.75) is 13.8 Å². The lowest BCUT2D eigenvalue weighted by Gasteiger charge is -2.14. The number of rotatable bonds is 11. The van der Waals surface area contributed by atoms with E-state index >= 15 is 0 Å². The van der Waals surface area contributed by atoms with Gasteiger partial charge in [0.2, 0.25) is 5.91 Å². The molecule has 1 aliphatic heterocycles. The monoisotopic (exact) mass is 623 g/mol. The molecule has 11 nitrogen and oxygen atoms in total. The number of methoxy groups -OCH3 is 1. The zero-order valence-electron chi connectivity index (χ0n) is 20.5. The molecule has 0 unspecified atom stereocenters. The van der Waals surface area contributed by atoms with E-state index in [9.17, 15) is 19.2 Å². The summed E-state index contributed by atoms with van der Waals surface area (Å²) in [5.74, 6) is -0.574. The fourth-order valence-electron chi connectivity index (χ4n) is 3.37. The van der Waals surface area contributed by atoms with Crippen LogP contribution in [0.2, 0.25) is 0 Å². The van der Waals surface area contributed by atoms with Gasteiger partial charge in [-0.25, -0.2) is 14.5 Å². The second-order valence-electron chi connectivity index (χ2n) is 7.48. The Balaban J connectivity index is 1.75. The molecule has 0 bridgehead atoms. The van der Waals surface area contributed by atoms with E-state index < -0.39 is 30.4 Å². The summed E-state index contributed by atoms with van der Waals surface area (Å²) in [6.45, 7) is 3.29. The first kappa shape index (κ1) is 27.8. The number of halogens is 1. The molecule has 2 N–H and O–H groups in total. The average molecular weight is 623 g/mol. The molecule has 0 aromatic heterocycles. The van der Waals surface area contributed by atoms with Gasteiger partial charge in [-0.2, -0.15) is 0 Å². The molecule has 0 aliphatic carbocycles. The van der Waals surface area contributed by atoms with Gasteiger partial charge >= 0.3 is 12.0 Å². The van der Waals surface area contributed by atoms with Gasteiger partial charge in [-0.05, 0) is 72.3 Å². The smallest absolute Gasteiger partial charge is 0.344 e. The number of carbonyl (C=O) groups excluding carboxylic acids is 4. The highest BCUT2D eigenvalue weighted by atomic mass is 127. The predicted molar refractivity (Wildman–Crippen MR) is 142 cm³/mol. The molecular weight excluding hydrogens is 597 g/mol. The second kappa shape index (κ2) is 12.9. The molecule has 0 spiro atoms. The third kappa shape index (κ3) is 7.12. The number of carbonyl (C=O) groups is 4. The molecule has 1 aliphatic rings. The Morgan fingerprint density at radius 1 is 1.08 bits per heavy atom. The number of para-hydroxylation sites is 2. The molecule has 0 saturated carbocycles. The van der Waals surface area contributed by atoms with Crippen LogP contribution in [0.1, 0.15) is 19.4 Å². The van der Waals surface area contributed by atoms with Gasteiger partial charge in [0, 0.05) is 0 Å². The molecule has 37 heavy (non-hydrogen) atoms. The second-order valence-corrected chi connectivity index (χ2v) is 8.65. The normalized spacial score (nSPS) is 13.8. The third-order valence-electron chi connectivity index (χ3n) is 4.93. The van der Waals surface area contributed by atoms with Crippen molar-refractivity contribution in [3.8, 4) is 17.2 Å². The van der Waals surface area contributed by atoms with Crippen LogP contribution in [0.15, 0.2) is 42.1 Å². The summed E-state index contributed by atoms with van der Waals surface area (Å²) in [5, 5.41) is 5.13. The maximum absolute atomic E-state index is 12.9. The minimum Gasteiger partial charge on any atom is -0.495 e. The molecule has 196 valence electrons. The highest BCUT2D eigenvalue weighted by Crippen LogP contribution is 2.35. The largest absolute Gasteiger partial charge is 0.495 e. The molecule has 12 heteroatoms. The Morgan fingerprint density at radius 3 is 2.54 bits per heavy atom. The van der Waals surface area contributed by atoms with Crippen LogP contribution in [0, 0.1) is 3.57 Å². The Hall–Kier alpha value is -3.81. The van der Waals surface area contributed by atoms with Crippen molar-refractivity contribution in [3.63, 3.8) is 0 Å². The lowest BCUT2D eigenvalue weighted by molar-refractivity contribution is -0.145. The third-order valence-corrected chi connectivity index (χ3v) is 5.73. The summed E-state index contributed by atoms with van der Waals surface area (Å²) >= 11 is 2.02. The molecule has 1 fully saturated rings. The molecule has 1 heterocycles. The van der Waals surface area contributed by atoms with Gasteiger partial charge in [0.15, 0.2) is 18.1 Å². The summed E-state index contributed by atoms with van der Waals surface area (Å²) in [4.78, 5) is 50.4. The Morgan fingerprint density at radius 2 is 1.84 bits per heavy atom. The van der Waals surface area contributed by atoms with Crippen LogP contribution in [0.5, 0.6) is 17.2 Å². The number of amides is 4. The van der Waals surface area contributed by atoms with E-state index in [1.165, 1.54) is 13.2 Å². The van der Waals surface area contributed by atoms with Gasteiger partial charge in [-0.15, -0.1) is 0 Å². The van der Waals surface area contributed by atoms with Crippen molar-refractivity contribution in [2.24, 2.45) is 0 Å². The van der Waals surface area contributed by atoms with E-state index in [1.807, 2.05) is 22.6 Å². The SMILES string of the molecule is CCOC(=O)COc1c(I)cc(/C=C2/NC(=O)N(CC(=O)Nc3ccccc3OC)C2=O)cc1OCC. The Bertz CT molecular complexity index is 1230. The zero-order valence-corrected chi connectivity index (χ0v) is 22.6. The van der Waals surface area contributed by atoms with Crippen LogP contribution in [0.4, 0.5) is 10.5 Å². The Labute approximate surface area is 227 Å². The van der Waals surface area contributed by atoms with Crippen LogP contribution in [0.25, 0.3) is 6.08 Å². The zero-order chi connectivity index (χ0) is 26.9. The lowest BCUT2D eigenvalue weighted by Crippen LogP contribution is -2.38. The average Bonchev–Trinajstić information content (AvgIpc) is 3.11. The fourth-order valence-corrected chi connectivity index (χ4v) is 4.15. The molecule has 2 aromatic rings. The first-order chi connectivity index (χ1) is 17.8. The number of hydrogen-bond donors (Lipinski definition) is 2. The van der Waals surface area contributed by atoms with Crippen LogP contribution < -0.4 is 24.8 Å². The van der Waals surface area contributed by atoms with Gasteiger partial charge in [-0.3, -0.25) is 9.59 Å². The van der Waals surface area contributed by atoms with E-state index in [2.05, 4.69) is 10.6 Å². The van der Waals surface area contributed by atoms with Crippen molar-refractivity contribution in [1.82, 2.24) is 10.2 Å². The maximum atomic E-state index is 12.9. The van der Waals surface area contributed by atoms with E-state index in [4.69, 9.17) is 18.9 Å². The summed E-state index contributed by atoms with van der Waals surface area (Å²) in [5.41, 5.74) is 0.954. The molecule has 2 aromatic carbocycles. The summed E-state index contributed by atoms with van der Waals surface area (Å²) in [6, 6.07) is 9.39. The van der Waals surface area contributed by atoms with Gasteiger partial charge in [0.25, 0.3) is 5.91 Å². The molecule has 3 rings (SSSR count). The van der Waals surface area contributed by atoms with Gasteiger partial charge in [-0.1, -0.05) is 12.1 Å².